The Kier molecular flexibility index (Phi) is 51.1. The van der Waals surface area contributed by atoms with Gasteiger partial charge in [-0.1, -0.05) is 199 Å². The lowest BCUT2D eigenvalue weighted by Crippen LogP contribution is -2.30. The number of allylic oxidation sites excluding steroid dienone is 24. The van der Waals surface area contributed by atoms with Crippen molar-refractivity contribution in [3.8, 4) is 0 Å². The summed E-state index contributed by atoms with van der Waals surface area (Å²) in [4.78, 5) is 38.0. The monoisotopic (exact) mass is 937 g/mol. The summed E-state index contributed by atoms with van der Waals surface area (Å²) in [6, 6.07) is 0. The highest BCUT2D eigenvalue weighted by molar-refractivity contribution is 5.71. The normalized spacial score (nSPS) is 13.3. The third-order valence-corrected chi connectivity index (χ3v) is 10.6. The highest BCUT2D eigenvalue weighted by Crippen LogP contribution is 2.11. The second-order valence-electron chi connectivity index (χ2n) is 17.0. The molecule has 0 fully saturated rings. The van der Waals surface area contributed by atoms with Gasteiger partial charge in [-0.25, -0.2) is 0 Å². The molecule has 0 N–H and O–H groups in total. The van der Waals surface area contributed by atoms with E-state index in [-0.39, 0.29) is 44.0 Å². The quantitative estimate of drug-likeness (QED) is 0.0262. The van der Waals surface area contributed by atoms with Gasteiger partial charge in [0.2, 0.25) is 0 Å². The molecule has 0 rings (SSSR count). The fourth-order valence-electron chi connectivity index (χ4n) is 6.57. The number of ether oxygens (including phenoxy) is 3. The maximum atomic E-state index is 12.8. The van der Waals surface area contributed by atoms with Gasteiger partial charge in [0.15, 0.2) is 6.10 Å². The van der Waals surface area contributed by atoms with Gasteiger partial charge in [0.05, 0.1) is 0 Å². The first-order valence-electron chi connectivity index (χ1n) is 26.8. The smallest absolute Gasteiger partial charge is 0.306 e. The minimum atomic E-state index is -0.830. The summed E-state index contributed by atoms with van der Waals surface area (Å²) < 4.78 is 16.7. The van der Waals surface area contributed by atoms with Crippen molar-refractivity contribution in [2.75, 3.05) is 13.2 Å². The highest BCUT2D eigenvalue weighted by Gasteiger charge is 2.19. The van der Waals surface area contributed by atoms with Crippen LogP contribution in [-0.4, -0.2) is 37.2 Å². The summed E-state index contributed by atoms with van der Waals surface area (Å²) in [5.41, 5.74) is 0. The molecule has 1 unspecified atom stereocenters. The Hall–Kier alpha value is -4.71. The molecule has 68 heavy (non-hydrogen) atoms. The molecule has 0 aliphatic heterocycles. The molecule has 0 aliphatic rings. The number of esters is 3. The molecule has 1 atom stereocenters. The summed E-state index contributed by atoms with van der Waals surface area (Å²) in [5.74, 6) is -1.03. The van der Waals surface area contributed by atoms with Gasteiger partial charge in [-0.05, 0) is 135 Å². The zero-order valence-corrected chi connectivity index (χ0v) is 43.3. The molecular weight excluding hydrogens is 841 g/mol. The van der Waals surface area contributed by atoms with E-state index in [0.29, 0.717) is 19.3 Å². The van der Waals surface area contributed by atoms with Crippen LogP contribution in [0.3, 0.4) is 0 Å². The van der Waals surface area contributed by atoms with E-state index >= 15 is 0 Å². The van der Waals surface area contributed by atoms with Crippen molar-refractivity contribution in [3.63, 3.8) is 0 Å². The lowest BCUT2D eigenvalue weighted by molar-refractivity contribution is -0.167. The maximum absolute atomic E-state index is 12.8. The van der Waals surface area contributed by atoms with Crippen LogP contribution < -0.4 is 0 Å². The number of carbonyl (C=O) groups is 3. The summed E-state index contributed by atoms with van der Waals surface area (Å²) in [6.45, 7) is 6.26. The van der Waals surface area contributed by atoms with Crippen LogP contribution in [0.5, 0.6) is 0 Å². The minimum absolute atomic E-state index is 0.122. The van der Waals surface area contributed by atoms with Gasteiger partial charge in [0, 0.05) is 19.3 Å². The number of unbranched alkanes of at least 4 members (excludes halogenated alkanes) is 11. The zero-order valence-electron chi connectivity index (χ0n) is 43.3. The average molecular weight is 937 g/mol. The first-order chi connectivity index (χ1) is 33.5. The molecule has 0 radical (unpaired) electrons. The molecule has 0 aliphatic carbocycles. The maximum Gasteiger partial charge on any atom is 0.306 e. The van der Waals surface area contributed by atoms with Crippen LogP contribution in [-0.2, 0) is 28.6 Å². The molecule has 0 spiro atoms. The molecule has 6 nitrogen and oxygen atoms in total. The molecule has 0 saturated carbocycles. The zero-order chi connectivity index (χ0) is 49.3. The molecule has 0 amide bonds. The van der Waals surface area contributed by atoms with Crippen molar-refractivity contribution >= 4 is 17.9 Å². The van der Waals surface area contributed by atoms with E-state index in [1.165, 1.54) is 19.3 Å². The summed E-state index contributed by atoms with van der Waals surface area (Å²) in [6.07, 6.45) is 78.3. The van der Waals surface area contributed by atoms with E-state index in [0.717, 1.165) is 135 Å². The van der Waals surface area contributed by atoms with Crippen LogP contribution >= 0.6 is 0 Å². The predicted octanol–water partition coefficient (Wildman–Crippen LogP) is 18.0. The fraction of sp³-hybridized carbons (Fsp3) is 0.565. The minimum Gasteiger partial charge on any atom is -0.462 e. The SMILES string of the molecule is CC/C=C\C/C=C\C/C=C\C/C=C\C/C=C\C/C=C\CCCCC(=O)OCC(COC(=O)CCCCCCC/C=C\C/C=C\CCCC)OC(=O)CCCC/C=C\C/C=C\C/C=C\C/C=C\CC. The van der Waals surface area contributed by atoms with E-state index in [1.807, 2.05) is 0 Å². The molecule has 0 aromatic rings. The van der Waals surface area contributed by atoms with Gasteiger partial charge in [-0.15, -0.1) is 0 Å². The average Bonchev–Trinajstić information content (AvgIpc) is 3.34. The van der Waals surface area contributed by atoms with Crippen LogP contribution in [0.1, 0.15) is 207 Å². The predicted molar refractivity (Wildman–Crippen MR) is 292 cm³/mol. The number of rotatable bonds is 46. The largest absolute Gasteiger partial charge is 0.462 e. The van der Waals surface area contributed by atoms with E-state index in [2.05, 4.69) is 167 Å². The third-order valence-electron chi connectivity index (χ3n) is 10.6. The Balaban J connectivity index is 4.57. The first-order valence-corrected chi connectivity index (χ1v) is 26.8. The Morgan fingerprint density at radius 2 is 0.574 bits per heavy atom. The molecule has 0 bridgehead atoms. The van der Waals surface area contributed by atoms with Crippen molar-refractivity contribution < 1.29 is 28.6 Å². The van der Waals surface area contributed by atoms with Crippen molar-refractivity contribution in [2.45, 2.75) is 213 Å². The van der Waals surface area contributed by atoms with Gasteiger partial charge >= 0.3 is 17.9 Å². The summed E-state index contributed by atoms with van der Waals surface area (Å²) >= 11 is 0. The van der Waals surface area contributed by atoms with E-state index in [4.69, 9.17) is 14.2 Å². The highest BCUT2D eigenvalue weighted by atomic mass is 16.6. The molecule has 0 aromatic carbocycles. The Bertz CT molecular complexity index is 1540. The van der Waals surface area contributed by atoms with Gasteiger partial charge in [-0.2, -0.15) is 0 Å². The molecule has 380 valence electrons. The van der Waals surface area contributed by atoms with Crippen molar-refractivity contribution in [1.29, 1.82) is 0 Å². The van der Waals surface area contributed by atoms with Gasteiger partial charge in [-0.3, -0.25) is 14.4 Å². The Morgan fingerprint density at radius 3 is 0.926 bits per heavy atom. The molecule has 0 saturated heterocycles. The van der Waals surface area contributed by atoms with Crippen LogP contribution in [0.15, 0.2) is 146 Å². The van der Waals surface area contributed by atoms with Crippen molar-refractivity contribution in [1.82, 2.24) is 0 Å². The Morgan fingerprint density at radius 1 is 0.309 bits per heavy atom. The number of hydrogen-bond donors (Lipinski definition) is 0. The van der Waals surface area contributed by atoms with Crippen molar-refractivity contribution in [3.05, 3.63) is 146 Å². The van der Waals surface area contributed by atoms with Crippen molar-refractivity contribution in [2.24, 2.45) is 0 Å². The second kappa shape index (κ2) is 54.9. The molecule has 0 aromatic heterocycles. The van der Waals surface area contributed by atoms with Crippen LogP contribution in [0.25, 0.3) is 0 Å². The lowest BCUT2D eigenvalue weighted by Gasteiger charge is -2.18. The van der Waals surface area contributed by atoms with E-state index in [1.54, 1.807) is 0 Å². The fourth-order valence-corrected chi connectivity index (χ4v) is 6.57. The van der Waals surface area contributed by atoms with Gasteiger partial charge in [0.25, 0.3) is 0 Å². The van der Waals surface area contributed by atoms with E-state index in [9.17, 15) is 14.4 Å². The molecular formula is C62H96O6. The standard InChI is InChI=1S/C62H96O6/c1-4-7-10-13-16-19-22-25-28-29-30-31-32-33-35-37-40-43-46-49-52-55-61(64)67-58-59(57-66-60(63)54-51-48-45-42-39-36-27-24-21-18-15-12-9-6-3)68-62(65)56-53-50-47-44-41-38-34-26-23-20-17-14-11-8-5-2/h7-8,10-11,15-20,24-28,30-31,33-35,40-41,43-44,59H,4-6,9,12-14,21-23,29,32,36-39,42,45-58H2,1-3H3/b10-7-,11-8-,18-15-,19-16-,20-17-,27-24-,28-25-,31-30-,34-26-,35-33-,43-40-,44-41-. The van der Waals surface area contributed by atoms with Crippen LogP contribution in [0.2, 0.25) is 0 Å². The molecule has 0 heterocycles. The second-order valence-corrected chi connectivity index (χ2v) is 17.0. The Labute approximate surface area is 417 Å². The molecule has 6 heteroatoms. The topological polar surface area (TPSA) is 78.9 Å². The van der Waals surface area contributed by atoms with E-state index < -0.39 is 6.10 Å². The lowest BCUT2D eigenvalue weighted by atomic mass is 10.1. The van der Waals surface area contributed by atoms with Gasteiger partial charge in [0.1, 0.15) is 13.2 Å². The van der Waals surface area contributed by atoms with Crippen LogP contribution in [0, 0.1) is 0 Å². The van der Waals surface area contributed by atoms with Crippen LogP contribution in [0.4, 0.5) is 0 Å². The number of hydrogen-bond acceptors (Lipinski definition) is 6. The number of carbonyl (C=O) groups excluding carboxylic acids is 3. The van der Waals surface area contributed by atoms with Gasteiger partial charge < -0.3 is 14.2 Å². The summed E-state index contributed by atoms with van der Waals surface area (Å²) in [5, 5.41) is 0. The third kappa shape index (κ3) is 52.3. The first kappa shape index (κ1) is 63.3. The summed E-state index contributed by atoms with van der Waals surface area (Å²) in [7, 11) is 0.